The van der Waals surface area contributed by atoms with Crippen LogP contribution in [0.4, 0.5) is 0 Å². The first kappa shape index (κ1) is 14.3. The summed E-state index contributed by atoms with van der Waals surface area (Å²) in [5.74, 6) is -1.03. The van der Waals surface area contributed by atoms with Gasteiger partial charge in [0.25, 0.3) is 0 Å². The maximum absolute atomic E-state index is 12.1. The molecule has 0 unspecified atom stereocenters. The van der Waals surface area contributed by atoms with E-state index in [2.05, 4.69) is 0 Å². The molecule has 0 spiro atoms. The van der Waals surface area contributed by atoms with Gasteiger partial charge in [-0.1, -0.05) is 36.4 Å². The average molecular weight is 274 g/mol. The smallest absolute Gasteiger partial charge is 0.328 e. The zero-order chi connectivity index (χ0) is 14.6. The van der Waals surface area contributed by atoms with Crippen LogP contribution in [-0.2, 0) is 19.1 Å². The third-order valence-corrected chi connectivity index (χ3v) is 3.27. The van der Waals surface area contributed by atoms with E-state index in [0.717, 1.165) is 11.1 Å². The Morgan fingerprint density at radius 2 is 1.65 bits per heavy atom. The van der Waals surface area contributed by atoms with Crippen LogP contribution in [0.1, 0.15) is 25.8 Å². The summed E-state index contributed by atoms with van der Waals surface area (Å²) in [5, 5.41) is 0. The van der Waals surface area contributed by atoms with Gasteiger partial charge in [0.05, 0.1) is 13.2 Å². The first-order valence-corrected chi connectivity index (χ1v) is 6.75. The van der Waals surface area contributed by atoms with Crippen LogP contribution in [0.2, 0.25) is 0 Å². The van der Waals surface area contributed by atoms with Crippen LogP contribution in [0, 0.1) is 5.41 Å². The van der Waals surface area contributed by atoms with Crippen molar-refractivity contribution < 1.29 is 19.1 Å². The third kappa shape index (κ3) is 2.59. The Hall–Kier alpha value is -2.10. The Bertz CT molecular complexity index is 513. The Labute approximate surface area is 118 Å². The summed E-state index contributed by atoms with van der Waals surface area (Å²) in [6, 6.07) is 9.58. The van der Waals surface area contributed by atoms with Crippen molar-refractivity contribution in [1.29, 1.82) is 0 Å². The molecule has 106 valence electrons. The van der Waals surface area contributed by atoms with Crippen molar-refractivity contribution >= 4 is 18.0 Å². The van der Waals surface area contributed by atoms with E-state index in [0.29, 0.717) is 6.42 Å². The summed E-state index contributed by atoms with van der Waals surface area (Å²) < 4.78 is 10.0. The van der Waals surface area contributed by atoms with E-state index >= 15 is 0 Å². The molecule has 20 heavy (non-hydrogen) atoms. The summed E-state index contributed by atoms with van der Waals surface area (Å²) in [4.78, 5) is 24.2. The summed E-state index contributed by atoms with van der Waals surface area (Å²) in [5.41, 5.74) is 0.487. The SMILES string of the molecule is CCOC(=O)C1(C(=O)OCC)C/C1=C\c1ccccc1. The Morgan fingerprint density at radius 3 is 2.15 bits per heavy atom. The van der Waals surface area contributed by atoms with Gasteiger partial charge >= 0.3 is 11.9 Å². The molecule has 0 atom stereocenters. The Morgan fingerprint density at radius 1 is 1.10 bits per heavy atom. The molecule has 0 aromatic heterocycles. The molecule has 4 heteroatoms. The molecule has 1 aromatic carbocycles. The van der Waals surface area contributed by atoms with E-state index in [1.807, 2.05) is 36.4 Å². The number of rotatable bonds is 5. The van der Waals surface area contributed by atoms with Crippen molar-refractivity contribution in [3.8, 4) is 0 Å². The van der Waals surface area contributed by atoms with Crippen molar-refractivity contribution in [3.63, 3.8) is 0 Å². The number of benzene rings is 1. The van der Waals surface area contributed by atoms with Gasteiger partial charge in [-0.2, -0.15) is 0 Å². The minimum atomic E-state index is -1.22. The topological polar surface area (TPSA) is 52.6 Å². The highest BCUT2D eigenvalue weighted by atomic mass is 16.6. The van der Waals surface area contributed by atoms with Gasteiger partial charge in [-0.3, -0.25) is 9.59 Å². The highest BCUT2D eigenvalue weighted by molar-refractivity contribution is 6.10. The standard InChI is InChI=1S/C16H18O4/c1-3-19-14(17)16(15(18)20-4-2)11-13(16)10-12-8-6-5-7-9-12/h5-10H,3-4,11H2,1-2H3/b13-10+. The van der Waals surface area contributed by atoms with Crippen LogP contribution in [-0.4, -0.2) is 25.2 Å². The molecule has 4 nitrogen and oxygen atoms in total. The largest absolute Gasteiger partial charge is 0.465 e. The number of carbonyl (C=O) groups excluding carboxylic acids is 2. The monoisotopic (exact) mass is 274 g/mol. The van der Waals surface area contributed by atoms with Crippen LogP contribution < -0.4 is 0 Å². The highest BCUT2D eigenvalue weighted by Crippen LogP contribution is 2.54. The summed E-state index contributed by atoms with van der Waals surface area (Å²) >= 11 is 0. The van der Waals surface area contributed by atoms with Crippen LogP contribution in [0.5, 0.6) is 0 Å². The molecule has 0 N–H and O–H groups in total. The fraction of sp³-hybridized carbons (Fsp3) is 0.375. The number of hydrogen-bond acceptors (Lipinski definition) is 4. The fourth-order valence-corrected chi connectivity index (χ4v) is 2.16. The normalized spacial score (nSPS) is 17.6. The van der Waals surface area contributed by atoms with E-state index in [1.165, 1.54) is 0 Å². The maximum Gasteiger partial charge on any atom is 0.328 e. The van der Waals surface area contributed by atoms with Gasteiger partial charge in [0, 0.05) is 6.42 Å². The third-order valence-electron chi connectivity index (χ3n) is 3.27. The van der Waals surface area contributed by atoms with Crippen molar-refractivity contribution in [2.75, 3.05) is 13.2 Å². The van der Waals surface area contributed by atoms with Crippen LogP contribution in [0.15, 0.2) is 35.9 Å². The van der Waals surface area contributed by atoms with Gasteiger partial charge in [0.2, 0.25) is 0 Å². The molecule has 2 rings (SSSR count). The zero-order valence-electron chi connectivity index (χ0n) is 11.7. The summed E-state index contributed by atoms with van der Waals surface area (Å²) in [6.07, 6.45) is 2.23. The van der Waals surface area contributed by atoms with Crippen LogP contribution >= 0.6 is 0 Å². The van der Waals surface area contributed by atoms with Gasteiger partial charge in [0.1, 0.15) is 0 Å². The number of carbonyl (C=O) groups is 2. The van der Waals surface area contributed by atoms with Gasteiger partial charge in [-0.05, 0) is 25.0 Å². The summed E-state index contributed by atoms with van der Waals surface area (Å²) in [6.45, 7) is 3.94. The number of ether oxygens (including phenoxy) is 2. The molecule has 0 amide bonds. The second-order valence-electron chi connectivity index (χ2n) is 4.60. The predicted octanol–water partition coefficient (Wildman–Crippen LogP) is 2.59. The van der Waals surface area contributed by atoms with E-state index in [4.69, 9.17) is 9.47 Å². The number of hydrogen-bond donors (Lipinski definition) is 0. The van der Waals surface area contributed by atoms with Gasteiger partial charge in [0.15, 0.2) is 5.41 Å². The number of esters is 2. The van der Waals surface area contributed by atoms with E-state index in [9.17, 15) is 9.59 Å². The Kier molecular flexibility index (Phi) is 4.23. The first-order valence-electron chi connectivity index (χ1n) is 6.75. The molecule has 0 saturated heterocycles. The zero-order valence-corrected chi connectivity index (χ0v) is 11.7. The lowest BCUT2D eigenvalue weighted by molar-refractivity contribution is -0.162. The van der Waals surface area contributed by atoms with Gasteiger partial charge in [-0.15, -0.1) is 0 Å². The van der Waals surface area contributed by atoms with Gasteiger partial charge in [-0.25, -0.2) is 0 Å². The van der Waals surface area contributed by atoms with Crippen molar-refractivity contribution in [3.05, 3.63) is 41.5 Å². The van der Waals surface area contributed by atoms with Gasteiger partial charge < -0.3 is 9.47 Å². The maximum atomic E-state index is 12.1. The lowest BCUT2D eigenvalue weighted by atomic mass is 10.1. The lowest BCUT2D eigenvalue weighted by Crippen LogP contribution is -2.30. The van der Waals surface area contributed by atoms with E-state index in [-0.39, 0.29) is 13.2 Å². The minimum Gasteiger partial charge on any atom is -0.465 e. The summed E-state index contributed by atoms with van der Waals surface area (Å²) in [7, 11) is 0. The molecule has 1 aromatic rings. The average Bonchev–Trinajstić information content (AvgIpc) is 3.16. The molecule has 1 aliphatic rings. The molecule has 0 bridgehead atoms. The Balaban J connectivity index is 2.26. The molecule has 1 fully saturated rings. The molecule has 0 aliphatic heterocycles. The van der Waals surface area contributed by atoms with Crippen LogP contribution in [0.3, 0.4) is 0 Å². The van der Waals surface area contributed by atoms with Crippen LogP contribution in [0.25, 0.3) is 6.08 Å². The molecule has 0 radical (unpaired) electrons. The molecule has 1 saturated carbocycles. The minimum absolute atomic E-state index is 0.249. The molecular formula is C16H18O4. The fourth-order valence-electron chi connectivity index (χ4n) is 2.16. The first-order chi connectivity index (χ1) is 9.65. The second-order valence-corrected chi connectivity index (χ2v) is 4.60. The molecule has 1 aliphatic carbocycles. The predicted molar refractivity (Wildman–Crippen MR) is 74.7 cm³/mol. The highest BCUT2D eigenvalue weighted by Gasteiger charge is 2.64. The molecule has 0 heterocycles. The van der Waals surface area contributed by atoms with Crippen molar-refractivity contribution in [2.45, 2.75) is 20.3 Å². The quantitative estimate of drug-likeness (QED) is 0.611. The lowest BCUT2D eigenvalue weighted by Gasteiger charge is -2.12. The van der Waals surface area contributed by atoms with E-state index in [1.54, 1.807) is 13.8 Å². The molecular weight excluding hydrogens is 256 g/mol. The second kappa shape index (κ2) is 5.90. The van der Waals surface area contributed by atoms with Crippen molar-refractivity contribution in [2.24, 2.45) is 5.41 Å². The van der Waals surface area contributed by atoms with E-state index < -0.39 is 17.4 Å². The van der Waals surface area contributed by atoms with Crippen molar-refractivity contribution in [1.82, 2.24) is 0 Å².